The number of carboxylic acids is 1. The van der Waals surface area contributed by atoms with Crippen molar-refractivity contribution >= 4 is 27.8 Å². The predicted octanol–water partition coefficient (Wildman–Crippen LogP) is -5.73. The molecule has 5 nitrogen and oxygen atoms in total. The molecule has 9 heteroatoms. The van der Waals surface area contributed by atoms with Gasteiger partial charge in [-0.1, -0.05) is 12.1 Å². The summed E-state index contributed by atoms with van der Waals surface area (Å²) in [4.78, 5) is 10.2. The quantitative estimate of drug-likeness (QED) is 0.516. The zero-order chi connectivity index (χ0) is 10.8. The molecule has 1 rings (SSSR count). The zero-order valence-electron chi connectivity index (χ0n) is 8.68. The molecule has 0 saturated heterocycles. The molecule has 0 radical (unpaired) electrons. The first-order valence-corrected chi connectivity index (χ1v) is 5.15. The third kappa shape index (κ3) is 5.03. The summed E-state index contributed by atoms with van der Waals surface area (Å²) in [6.07, 6.45) is 0. The van der Waals surface area contributed by atoms with Crippen LogP contribution in [0.5, 0.6) is 0 Å². The molecule has 76 valence electrons. The van der Waals surface area contributed by atoms with E-state index in [2.05, 4.69) is 4.24 Å². The Morgan fingerprint density at radius 2 is 1.62 bits per heavy atom. The molecule has 0 aliphatic carbocycles. The van der Waals surface area contributed by atoms with E-state index in [0.29, 0.717) is 0 Å². The van der Waals surface area contributed by atoms with Crippen molar-refractivity contribution in [2.45, 2.75) is 4.90 Å². The average molecular weight is 280 g/mol. The van der Waals surface area contributed by atoms with Gasteiger partial charge < -0.3 is 14.1 Å². The van der Waals surface area contributed by atoms with Crippen molar-refractivity contribution in [1.82, 2.24) is 0 Å². The molecular formula is C7H4ClNNa2O4S. The van der Waals surface area contributed by atoms with Gasteiger partial charge in [0.25, 0.3) is 0 Å². The van der Waals surface area contributed by atoms with Crippen LogP contribution in [0.1, 0.15) is 10.4 Å². The van der Waals surface area contributed by atoms with Crippen LogP contribution < -0.4 is 64.2 Å². The van der Waals surface area contributed by atoms with E-state index in [4.69, 9.17) is 11.8 Å². The van der Waals surface area contributed by atoms with Crippen molar-refractivity contribution in [3.05, 3.63) is 34.1 Å². The minimum Gasteiger partial charge on any atom is -0.545 e. The Morgan fingerprint density at radius 1 is 1.19 bits per heavy atom. The summed E-state index contributed by atoms with van der Waals surface area (Å²) in [6, 6.07) is 4.38. The number of halogens is 1. The molecule has 1 aromatic rings. The predicted molar refractivity (Wildman–Crippen MR) is 47.2 cm³/mol. The summed E-state index contributed by atoms with van der Waals surface area (Å²) >= 11 is 4.84. The van der Waals surface area contributed by atoms with Gasteiger partial charge in [-0.15, -0.1) is 0 Å². The van der Waals surface area contributed by atoms with Crippen molar-refractivity contribution in [1.29, 1.82) is 0 Å². The largest absolute Gasteiger partial charge is 1.00 e. The second kappa shape index (κ2) is 8.07. The van der Waals surface area contributed by atoms with E-state index in [0.717, 1.165) is 24.3 Å². The number of carbonyl (C=O) groups is 1. The zero-order valence-corrected chi connectivity index (χ0v) is 14.2. The fourth-order valence-electron chi connectivity index (χ4n) is 0.803. The van der Waals surface area contributed by atoms with Crippen LogP contribution >= 0.6 is 11.8 Å². The van der Waals surface area contributed by atoms with E-state index in [-0.39, 0.29) is 69.6 Å². The van der Waals surface area contributed by atoms with Crippen molar-refractivity contribution in [3.63, 3.8) is 0 Å². The van der Waals surface area contributed by atoms with Gasteiger partial charge in [-0.25, -0.2) is 8.42 Å². The Bertz CT molecular complexity index is 448. The molecule has 0 N–H and O–H groups in total. The summed E-state index contributed by atoms with van der Waals surface area (Å²) in [5, 5.41) is 10.3. The first kappa shape index (κ1) is 19.2. The average Bonchev–Trinajstić information content (AvgIpc) is 2.18. The van der Waals surface area contributed by atoms with Crippen molar-refractivity contribution in [2.24, 2.45) is 0 Å². The second-order valence-corrected chi connectivity index (χ2v) is 4.33. The molecule has 0 aliphatic rings. The maximum absolute atomic E-state index is 11.0. The molecule has 0 fully saturated rings. The summed E-state index contributed by atoms with van der Waals surface area (Å²) in [5.41, 5.74) is -0.112. The molecule has 0 aliphatic heterocycles. The maximum atomic E-state index is 11.0. The Labute approximate surface area is 142 Å². The number of carboxylic acid groups (broad SMARTS) is 1. The Balaban J connectivity index is 0. The number of hydrogen-bond acceptors (Lipinski definition) is 4. The molecule has 0 unspecified atom stereocenters. The van der Waals surface area contributed by atoms with Crippen LogP contribution in [0.15, 0.2) is 29.2 Å². The van der Waals surface area contributed by atoms with E-state index in [1.165, 1.54) is 0 Å². The van der Waals surface area contributed by atoms with Gasteiger partial charge in [-0.2, -0.15) is 0 Å². The van der Waals surface area contributed by atoms with Crippen LogP contribution in [0, 0.1) is 0 Å². The van der Waals surface area contributed by atoms with Gasteiger partial charge in [0, 0.05) is 4.90 Å². The Morgan fingerprint density at radius 3 is 1.94 bits per heavy atom. The van der Waals surface area contributed by atoms with E-state index in [1.807, 2.05) is 0 Å². The SMILES string of the molecule is O=C([O-])c1ccc(S(=O)(=O)[N-]Cl)cc1.[Na+].[Na+]. The number of benzene rings is 1. The normalized spacial score (nSPS) is 9.81. The monoisotopic (exact) mass is 279 g/mol. The van der Waals surface area contributed by atoms with Crippen molar-refractivity contribution < 1.29 is 77.4 Å². The summed E-state index contributed by atoms with van der Waals surface area (Å²) in [5.74, 6) is -1.38. The molecule has 16 heavy (non-hydrogen) atoms. The molecule has 0 amide bonds. The smallest absolute Gasteiger partial charge is 0.545 e. The van der Waals surface area contributed by atoms with Gasteiger partial charge in [0.1, 0.15) is 10.0 Å². The Hall–Kier alpha value is 0.890. The minimum atomic E-state index is -3.86. The van der Waals surface area contributed by atoms with Gasteiger partial charge in [0.15, 0.2) is 0 Å². The molecule has 0 bridgehead atoms. The van der Waals surface area contributed by atoms with Crippen LogP contribution in [-0.2, 0) is 10.0 Å². The third-order valence-corrected chi connectivity index (χ3v) is 3.07. The molecule has 0 heterocycles. The number of rotatable bonds is 3. The van der Waals surface area contributed by atoms with Crippen molar-refractivity contribution in [3.8, 4) is 0 Å². The fourth-order valence-corrected chi connectivity index (χ4v) is 1.60. The Kier molecular flexibility index (Phi) is 9.71. The number of carbonyl (C=O) groups excluding carboxylic acids is 1. The topological polar surface area (TPSA) is 88.4 Å². The van der Waals surface area contributed by atoms with Crippen LogP contribution in [0.25, 0.3) is 4.24 Å². The summed E-state index contributed by atoms with van der Waals surface area (Å²) in [7, 11) is -3.86. The number of aromatic carboxylic acids is 1. The van der Waals surface area contributed by atoms with Crippen LogP contribution in [0.4, 0.5) is 0 Å². The first-order valence-electron chi connectivity index (χ1n) is 3.37. The first-order chi connectivity index (χ1) is 6.47. The summed E-state index contributed by atoms with van der Waals surface area (Å²) in [6.45, 7) is 0. The number of sulfonamides is 1. The molecule has 0 atom stereocenters. The maximum Gasteiger partial charge on any atom is 1.00 e. The number of nitrogens with zero attached hydrogens (tertiary/aromatic N) is 1. The molecule has 0 saturated carbocycles. The van der Waals surface area contributed by atoms with Crippen LogP contribution in [-0.4, -0.2) is 14.4 Å². The molecule has 0 aromatic heterocycles. The van der Waals surface area contributed by atoms with Gasteiger partial charge in [-0.3, -0.25) is 11.8 Å². The van der Waals surface area contributed by atoms with E-state index < -0.39 is 16.0 Å². The molecular weight excluding hydrogens is 276 g/mol. The molecule has 1 aromatic carbocycles. The van der Waals surface area contributed by atoms with Gasteiger partial charge in [-0.05, 0) is 17.7 Å². The third-order valence-electron chi connectivity index (χ3n) is 1.48. The van der Waals surface area contributed by atoms with E-state index in [1.54, 1.807) is 0 Å². The number of hydrogen-bond donors (Lipinski definition) is 0. The fraction of sp³-hybridized carbons (Fsp3) is 0. The van der Waals surface area contributed by atoms with E-state index >= 15 is 0 Å². The van der Waals surface area contributed by atoms with Gasteiger partial charge in [0.05, 0.1) is 5.97 Å². The van der Waals surface area contributed by atoms with Crippen LogP contribution in [0.3, 0.4) is 0 Å². The second-order valence-electron chi connectivity index (χ2n) is 2.36. The molecule has 0 spiro atoms. The van der Waals surface area contributed by atoms with Gasteiger partial charge in [0.2, 0.25) is 0 Å². The van der Waals surface area contributed by atoms with Crippen molar-refractivity contribution in [2.75, 3.05) is 0 Å². The van der Waals surface area contributed by atoms with Gasteiger partial charge >= 0.3 is 59.1 Å². The van der Waals surface area contributed by atoms with Crippen LogP contribution in [0.2, 0.25) is 0 Å². The van der Waals surface area contributed by atoms with E-state index in [9.17, 15) is 18.3 Å². The minimum absolute atomic E-state index is 0. The summed E-state index contributed by atoms with van der Waals surface area (Å²) < 4.78 is 24.7. The standard InChI is InChI=1S/C7H5ClNO4S.2Na/c8-9-14(12,13)6-3-1-5(2-4-6)7(10)11;;/h1-4H,(H,10,11);;/q-1;2*+1/p-1.